The maximum atomic E-state index is 13.1. The largest absolute Gasteiger partial charge is 0.268 e. The third kappa shape index (κ3) is 5.17. The number of hydrazine groups is 1. The fourth-order valence-electron chi connectivity index (χ4n) is 2.90. The summed E-state index contributed by atoms with van der Waals surface area (Å²) in [6, 6.07) is 14.5. The van der Waals surface area contributed by atoms with Crippen molar-refractivity contribution in [3.63, 3.8) is 0 Å². The summed E-state index contributed by atoms with van der Waals surface area (Å²) in [5, 5.41) is 1.74. The number of benzene rings is 2. The maximum Gasteiger partial charge on any atom is 0.268 e. The first-order valence-corrected chi connectivity index (χ1v) is 8.95. The Labute approximate surface area is 152 Å². The van der Waals surface area contributed by atoms with Gasteiger partial charge in [-0.25, -0.2) is 5.43 Å². The van der Waals surface area contributed by atoms with E-state index in [1.807, 2.05) is 46.8 Å². The van der Waals surface area contributed by atoms with Gasteiger partial charge in [-0.2, -0.15) is 0 Å². The van der Waals surface area contributed by atoms with Crippen LogP contribution < -0.4 is 5.43 Å². The van der Waals surface area contributed by atoms with E-state index in [0.717, 1.165) is 23.1 Å². The van der Waals surface area contributed by atoms with E-state index < -0.39 is 0 Å². The standard InChI is InChI=1S/C22H30N2O/c1-7-18-8-10-19(11-9-18)15-23-24(22(4,5)6)21(25)20-13-16(2)12-17(3)14-20/h8-14,23H,7,15H2,1-6H3. The molecule has 0 atom stereocenters. The predicted molar refractivity (Wildman–Crippen MR) is 104 cm³/mol. The molecule has 0 aromatic heterocycles. The van der Waals surface area contributed by atoms with Crippen LogP contribution in [0.25, 0.3) is 0 Å². The fourth-order valence-corrected chi connectivity index (χ4v) is 2.90. The fraction of sp³-hybridized carbons (Fsp3) is 0.409. The van der Waals surface area contributed by atoms with Gasteiger partial charge in [0.05, 0.1) is 5.54 Å². The molecule has 3 nitrogen and oxygen atoms in total. The molecule has 0 saturated carbocycles. The zero-order valence-corrected chi connectivity index (χ0v) is 16.3. The summed E-state index contributed by atoms with van der Waals surface area (Å²) in [5.41, 5.74) is 8.43. The molecule has 0 aliphatic carbocycles. The van der Waals surface area contributed by atoms with Crippen LogP contribution in [0.2, 0.25) is 0 Å². The van der Waals surface area contributed by atoms with Gasteiger partial charge in [0, 0.05) is 12.1 Å². The highest BCUT2D eigenvalue weighted by atomic mass is 16.2. The number of hydrogen-bond acceptors (Lipinski definition) is 2. The molecule has 134 valence electrons. The molecule has 2 aromatic carbocycles. The quantitative estimate of drug-likeness (QED) is 0.793. The van der Waals surface area contributed by atoms with E-state index in [2.05, 4.69) is 42.7 Å². The van der Waals surface area contributed by atoms with Crippen LogP contribution in [0.3, 0.4) is 0 Å². The highest BCUT2D eigenvalue weighted by Gasteiger charge is 2.27. The van der Waals surface area contributed by atoms with Crippen LogP contribution in [0.5, 0.6) is 0 Å². The van der Waals surface area contributed by atoms with Crippen molar-refractivity contribution in [2.75, 3.05) is 0 Å². The minimum absolute atomic E-state index is 0.00415. The average Bonchev–Trinajstić information content (AvgIpc) is 2.53. The van der Waals surface area contributed by atoms with Gasteiger partial charge in [0.1, 0.15) is 0 Å². The Morgan fingerprint density at radius 2 is 1.48 bits per heavy atom. The van der Waals surface area contributed by atoms with E-state index in [-0.39, 0.29) is 11.4 Å². The zero-order chi connectivity index (χ0) is 18.6. The van der Waals surface area contributed by atoms with Crippen molar-refractivity contribution in [3.8, 4) is 0 Å². The Hall–Kier alpha value is -2.13. The van der Waals surface area contributed by atoms with Crippen molar-refractivity contribution in [1.82, 2.24) is 10.4 Å². The van der Waals surface area contributed by atoms with Crippen LogP contribution in [0, 0.1) is 13.8 Å². The van der Waals surface area contributed by atoms with Gasteiger partial charge in [-0.15, -0.1) is 0 Å². The number of aryl methyl sites for hydroxylation is 3. The van der Waals surface area contributed by atoms with Crippen LogP contribution >= 0.6 is 0 Å². The Kier molecular flexibility index (Phi) is 6.02. The Balaban J connectivity index is 2.19. The summed E-state index contributed by atoms with van der Waals surface area (Å²) in [5.74, 6) is 0.00415. The molecule has 0 aliphatic heterocycles. The van der Waals surface area contributed by atoms with Crippen LogP contribution in [-0.4, -0.2) is 16.5 Å². The topological polar surface area (TPSA) is 32.3 Å². The van der Waals surface area contributed by atoms with Crippen molar-refractivity contribution in [3.05, 3.63) is 70.3 Å². The zero-order valence-electron chi connectivity index (χ0n) is 16.3. The first-order chi connectivity index (χ1) is 11.7. The molecule has 0 radical (unpaired) electrons. The molecular weight excluding hydrogens is 308 g/mol. The summed E-state index contributed by atoms with van der Waals surface area (Å²) in [4.78, 5) is 13.1. The third-order valence-electron chi connectivity index (χ3n) is 4.22. The normalized spacial score (nSPS) is 11.4. The molecule has 0 spiro atoms. The summed E-state index contributed by atoms with van der Waals surface area (Å²) < 4.78 is 0. The molecule has 0 bridgehead atoms. The number of hydrogen-bond donors (Lipinski definition) is 1. The molecule has 0 heterocycles. The van der Waals surface area contributed by atoms with E-state index in [1.54, 1.807) is 5.01 Å². The van der Waals surface area contributed by atoms with Gasteiger partial charge in [-0.1, -0.05) is 48.4 Å². The first kappa shape index (κ1) is 19.2. The van der Waals surface area contributed by atoms with Crippen molar-refractivity contribution in [2.45, 2.75) is 60.0 Å². The van der Waals surface area contributed by atoms with E-state index in [4.69, 9.17) is 0 Å². The van der Waals surface area contributed by atoms with E-state index in [1.165, 1.54) is 11.1 Å². The molecule has 0 fully saturated rings. The highest BCUT2D eigenvalue weighted by Crippen LogP contribution is 2.18. The molecule has 0 unspecified atom stereocenters. The van der Waals surface area contributed by atoms with Gasteiger partial charge >= 0.3 is 0 Å². The summed E-state index contributed by atoms with van der Waals surface area (Å²) in [7, 11) is 0. The minimum Gasteiger partial charge on any atom is -0.268 e. The second kappa shape index (κ2) is 7.83. The highest BCUT2D eigenvalue weighted by molar-refractivity contribution is 5.94. The van der Waals surface area contributed by atoms with Crippen molar-refractivity contribution in [2.24, 2.45) is 0 Å². The predicted octanol–water partition coefficient (Wildman–Crippen LogP) is 4.81. The van der Waals surface area contributed by atoms with Gasteiger partial charge < -0.3 is 0 Å². The molecule has 2 aromatic rings. The third-order valence-corrected chi connectivity index (χ3v) is 4.22. The Morgan fingerprint density at radius 3 is 1.96 bits per heavy atom. The lowest BCUT2D eigenvalue weighted by molar-refractivity contribution is 0.0390. The number of rotatable bonds is 5. The number of nitrogens with zero attached hydrogens (tertiary/aromatic N) is 1. The molecular formula is C22H30N2O. The van der Waals surface area contributed by atoms with E-state index in [0.29, 0.717) is 6.54 Å². The lowest BCUT2D eigenvalue weighted by atomic mass is 10.0. The summed E-state index contributed by atoms with van der Waals surface area (Å²) in [6.07, 6.45) is 1.03. The molecule has 0 saturated heterocycles. The van der Waals surface area contributed by atoms with Crippen LogP contribution in [0.1, 0.15) is 60.3 Å². The lowest BCUT2D eigenvalue weighted by Gasteiger charge is -2.36. The molecule has 2 rings (SSSR count). The first-order valence-electron chi connectivity index (χ1n) is 8.95. The maximum absolute atomic E-state index is 13.1. The number of amides is 1. The molecule has 3 heteroatoms. The SMILES string of the molecule is CCc1ccc(CNN(C(=O)c2cc(C)cc(C)c2)C(C)(C)C)cc1. The Morgan fingerprint density at radius 1 is 0.960 bits per heavy atom. The van der Waals surface area contributed by atoms with E-state index in [9.17, 15) is 4.79 Å². The van der Waals surface area contributed by atoms with Crippen molar-refractivity contribution in [1.29, 1.82) is 0 Å². The number of carbonyl (C=O) groups excluding carboxylic acids is 1. The molecule has 25 heavy (non-hydrogen) atoms. The summed E-state index contributed by atoms with van der Waals surface area (Å²) >= 11 is 0. The molecule has 1 amide bonds. The second-order valence-electron chi connectivity index (χ2n) is 7.69. The van der Waals surface area contributed by atoms with Crippen molar-refractivity contribution < 1.29 is 4.79 Å². The van der Waals surface area contributed by atoms with Gasteiger partial charge in [-0.05, 0) is 64.3 Å². The van der Waals surface area contributed by atoms with Gasteiger partial charge in [-0.3, -0.25) is 9.80 Å². The smallest absolute Gasteiger partial charge is 0.268 e. The number of carbonyl (C=O) groups is 1. The Bertz CT molecular complexity index is 706. The minimum atomic E-state index is -0.321. The summed E-state index contributed by atoms with van der Waals surface area (Å²) in [6.45, 7) is 12.9. The van der Waals surface area contributed by atoms with Crippen molar-refractivity contribution >= 4 is 5.91 Å². The van der Waals surface area contributed by atoms with E-state index >= 15 is 0 Å². The average molecular weight is 338 g/mol. The van der Waals surface area contributed by atoms with Crippen LogP contribution in [-0.2, 0) is 13.0 Å². The van der Waals surface area contributed by atoms with Crippen LogP contribution in [0.4, 0.5) is 0 Å². The van der Waals surface area contributed by atoms with Gasteiger partial charge in [0.2, 0.25) is 0 Å². The molecule has 0 aliphatic rings. The van der Waals surface area contributed by atoms with Gasteiger partial charge in [0.25, 0.3) is 5.91 Å². The van der Waals surface area contributed by atoms with Gasteiger partial charge in [0.15, 0.2) is 0 Å². The lowest BCUT2D eigenvalue weighted by Crippen LogP contribution is -2.53. The number of nitrogens with one attached hydrogen (secondary N) is 1. The molecule has 1 N–H and O–H groups in total. The van der Waals surface area contributed by atoms with Crippen LogP contribution in [0.15, 0.2) is 42.5 Å². The second-order valence-corrected chi connectivity index (χ2v) is 7.69. The monoisotopic (exact) mass is 338 g/mol.